The van der Waals surface area contributed by atoms with E-state index in [4.69, 9.17) is 15.2 Å². The van der Waals surface area contributed by atoms with Crippen LogP contribution >= 0.6 is 0 Å². The SMILES string of the molecule is COc1ccc(C(CC(C)C(N)[C@H](O)Cc2ccc(O)c(NS(C)(=O)=O)c2)c2ccc(OC)cc2)cc1. The Labute approximate surface area is 219 Å². The lowest BCUT2D eigenvalue weighted by molar-refractivity contribution is 0.117. The first-order chi connectivity index (χ1) is 17.5. The molecule has 3 atom stereocenters. The van der Waals surface area contributed by atoms with E-state index in [0.29, 0.717) is 12.0 Å². The fourth-order valence-corrected chi connectivity index (χ4v) is 4.98. The van der Waals surface area contributed by atoms with Crippen molar-refractivity contribution in [2.45, 2.75) is 37.8 Å². The minimum absolute atomic E-state index is 0.0318. The van der Waals surface area contributed by atoms with Crippen LogP contribution in [0.15, 0.2) is 66.7 Å². The number of nitrogens with two attached hydrogens (primary N) is 1. The number of aromatic hydroxyl groups is 1. The Morgan fingerprint density at radius 1 is 0.919 bits per heavy atom. The van der Waals surface area contributed by atoms with Crippen LogP contribution in [0.3, 0.4) is 0 Å². The summed E-state index contributed by atoms with van der Waals surface area (Å²) in [6.45, 7) is 2.02. The quantitative estimate of drug-likeness (QED) is 0.263. The van der Waals surface area contributed by atoms with E-state index in [1.54, 1.807) is 20.3 Å². The van der Waals surface area contributed by atoms with Gasteiger partial charge in [0.05, 0.1) is 32.3 Å². The van der Waals surface area contributed by atoms with Crippen LogP contribution in [0.5, 0.6) is 17.2 Å². The van der Waals surface area contributed by atoms with E-state index in [0.717, 1.165) is 28.9 Å². The Morgan fingerprint density at radius 3 is 1.89 bits per heavy atom. The molecule has 0 fully saturated rings. The third-order valence-corrected chi connectivity index (χ3v) is 7.14. The predicted octanol–water partition coefficient (Wildman–Crippen LogP) is 3.87. The topological polar surface area (TPSA) is 131 Å². The standard InChI is InChI=1S/C28H36N2O6S/c1-18(28(29)27(32)17-19-5-14-26(31)25(16-19)30-37(4,33)34)15-24(20-6-10-22(35-2)11-7-20)21-8-12-23(36-3)13-9-21/h5-14,16,18,24,27-28,30-32H,15,17,29H2,1-4H3/t18?,27-,28?/m1/s1. The van der Waals surface area contributed by atoms with Crippen LogP contribution in [0.2, 0.25) is 0 Å². The van der Waals surface area contributed by atoms with Crippen molar-refractivity contribution in [3.63, 3.8) is 0 Å². The van der Waals surface area contributed by atoms with Gasteiger partial charge in [0.15, 0.2) is 0 Å². The third kappa shape index (κ3) is 7.85. The molecule has 0 aliphatic carbocycles. The number of benzene rings is 3. The maximum Gasteiger partial charge on any atom is 0.229 e. The second-order valence-electron chi connectivity index (χ2n) is 9.39. The molecule has 0 aliphatic heterocycles. The highest BCUT2D eigenvalue weighted by Gasteiger charge is 2.26. The summed E-state index contributed by atoms with van der Waals surface area (Å²) in [5, 5.41) is 20.9. The minimum atomic E-state index is -3.56. The first-order valence-electron chi connectivity index (χ1n) is 12.0. The lowest BCUT2D eigenvalue weighted by Gasteiger charge is -2.29. The van der Waals surface area contributed by atoms with Crippen LogP contribution in [0.4, 0.5) is 5.69 Å². The number of phenolic OH excluding ortho intramolecular Hbond substituents is 1. The first-order valence-corrected chi connectivity index (χ1v) is 13.9. The van der Waals surface area contributed by atoms with Gasteiger partial charge in [-0.15, -0.1) is 0 Å². The molecule has 3 aromatic carbocycles. The van der Waals surface area contributed by atoms with Crippen LogP contribution in [-0.2, 0) is 16.4 Å². The van der Waals surface area contributed by atoms with Gasteiger partial charge in [0.2, 0.25) is 10.0 Å². The zero-order valence-electron chi connectivity index (χ0n) is 21.6. The van der Waals surface area contributed by atoms with Crippen molar-refractivity contribution in [2.24, 2.45) is 11.7 Å². The van der Waals surface area contributed by atoms with Gasteiger partial charge >= 0.3 is 0 Å². The van der Waals surface area contributed by atoms with Crippen molar-refractivity contribution in [1.29, 1.82) is 0 Å². The normalized spacial score (nSPS) is 14.1. The molecule has 0 aromatic heterocycles. The van der Waals surface area contributed by atoms with Crippen LogP contribution in [0.25, 0.3) is 0 Å². The number of aliphatic hydroxyl groups is 1. The summed E-state index contributed by atoms with van der Waals surface area (Å²) in [6, 6.07) is 19.9. The number of sulfonamides is 1. The van der Waals surface area contributed by atoms with E-state index >= 15 is 0 Å². The molecular weight excluding hydrogens is 492 g/mol. The number of hydrogen-bond donors (Lipinski definition) is 4. The third-order valence-electron chi connectivity index (χ3n) is 6.55. The van der Waals surface area contributed by atoms with Crippen molar-refractivity contribution in [1.82, 2.24) is 0 Å². The van der Waals surface area contributed by atoms with E-state index in [2.05, 4.69) is 4.72 Å². The molecule has 0 aliphatic rings. The molecule has 3 aromatic rings. The fraction of sp³-hybridized carbons (Fsp3) is 0.357. The molecule has 0 saturated heterocycles. The van der Waals surface area contributed by atoms with Gasteiger partial charge in [-0.25, -0.2) is 8.42 Å². The number of phenols is 1. The summed E-state index contributed by atoms with van der Waals surface area (Å²) in [5.74, 6) is 1.33. The van der Waals surface area contributed by atoms with E-state index in [1.165, 1.54) is 12.1 Å². The molecule has 5 N–H and O–H groups in total. The Kier molecular flexibility index (Phi) is 9.42. The molecule has 0 amide bonds. The number of anilines is 1. The predicted molar refractivity (Wildman–Crippen MR) is 146 cm³/mol. The summed E-state index contributed by atoms with van der Waals surface area (Å²) in [4.78, 5) is 0. The summed E-state index contributed by atoms with van der Waals surface area (Å²) >= 11 is 0. The molecule has 0 saturated carbocycles. The molecular formula is C28H36N2O6S. The summed E-state index contributed by atoms with van der Waals surface area (Å²) in [5.41, 5.74) is 9.45. The number of ether oxygens (including phenoxy) is 2. The molecule has 0 spiro atoms. The molecule has 8 nitrogen and oxygen atoms in total. The van der Waals surface area contributed by atoms with E-state index in [9.17, 15) is 18.6 Å². The lowest BCUT2D eigenvalue weighted by atomic mass is 9.80. The maximum atomic E-state index is 11.6. The van der Waals surface area contributed by atoms with Gasteiger partial charge in [-0.1, -0.05) is 37.3 Å². The Bertz CT molecular complexity index is 1220. The lowest BCUT2D eigenvalue weighted by Crippen LogP contribution is -2.42. The molecule has 37 heavy (non-hydrogen) atoms. The molecule has 0 heterocycles. The molecule has 0 radical (unpaired) electrons. The van der Waals surface area contributed by atoms with Gasteiger partial charge in [-0.2, -0.15) is 0 Å². The molecule has 9 heteroatoms. The van der Waals surface area contributed by atoms with E-state index < -0.39 is 22.2 Å². The van der Waals surface area contributed by atoms with Gasteiger partial charge in [0.25, 0.3) is 0 Å². The minimum Gasteiger partial charge on any atom is -0.506 e. The number of nitrogens with one attached hydrogen (secondary N) is 1. The second-order valence-corrected chi connectivity index (χ2v) is 11.1. The number of hydrogen-bond acceptors (Lipinski definition) is 7. The van der Waals surface area contributed by atoms with E-state index in [1.807, 2.05) is 55.5 Å². The number of rotatable bonds is 12. The van der Waals surface area contributed by atoms with E-state index in [-0.39, 0.29) is 29.7 Å². The highest BCUT2D eigenvalue weighted by Crippen LogP contribution is 2.34. The number of methoxy groups -OCH3 is 2. The van der Waals surface area contributed by atoms with Crippen molar-refractivity contribution in [3.8, 4) is 17.2 Å². The Morgan fingerprint density at radius 2 is 1.43 bits per heavy atom. The van der Waals surface area contributed by atoms with Crippen LogP contribution in [-0.4, -0.2) is 51.3 Å². The molecule has 200 valence electrons. The first kappa shape index (κ1) is 28.3. The van der Waals surface area contributed by atoms with Gasteiger partial charge in [0.1, 0.15) is 17.2 Å². The van der Waals surface area contributed by atoms with Gasteiger partial charge in [-0.05, 0) is 71.8 Å². The van der Waals surface area contributed by atoms with Crippen molar-refractivity contribution in [2.75, 3.05) is 25.2 Å². The van der Waals surface area contributed by atoms with Crippen LogP contribution < -0.4 is 19.9 Å². The second kappa shape index (κ2) is 12.3. The summed E-state index contributed by atoms with van der Waals surface area (Å²) in [7, 11) is -0.299. The van der Waals surface area contributed by atoms with Crippen LogP contribution in [0.1, 0.15) is 36.0 Å². The monoisotopic (exact) mass is 528 g/mol. The van der Waals surface area contributed by atoms with Crippen molar-refractivity contribution >= 4 is 15.7 Å². The molecule has 2 unspecified atom stereocenters. The summed E-state index contributed by atoms with van der Waals surface area (Å²) in [6.07, 6.45) is 1.03. The molecule has 0 bridgehead atoms. The van der Waals surface area contributed by atoms with Crippen molar-refractivity contribution < 1.29 is 28.1 Å². The van der Waals surface area contributed by atoms with Crippen LogP contribution in [0, 0.1) is 5.92 Å². The highest BCUT2D eigenvalue weighted by molar-refractivity contribution is 7.92. The highest BCUT2D eigenvalue weighted by atomic mass is 32.2. The Balaban J connectivity index is 1.78. The average Bonchev–Trinajstić information content (AvgIpc) is 2.88. The van der Waals surface area contributed by atoms with Gasteiger partial charge in [-0.3, -0.25) is 4.72 Å². The fourth-order valence-electron chi connectivity index (χ4n) is 4.41. The number of aliphatic hydroxyl groups excluding tert-OH is 1. The van der Waals surface area contributed by atoms with Crippen molar-refractivity contribution in [3.05, 3.63) is 83.4 Å². The Hall–Kier alpha value is -3.27. The maximum absolute atomic E-state index is 11.6. The van der Waals surface area contributed by atoms with Gasteiger partial charge in [0, 0.05) is 12.0 Å². The zero-order valence-corrected chi connectivity index (χ0v) is 22.4. The van der Waals surface area contributed by atoms with Gasteiger partial charge < -0.3 is 25.4 Å². The average molecular weight is 529 g/mol. The largest absolute Gasteiger partial charge is 0.506 e. The molecule has 3 rings (SSSR count). The summed E-state index contributed by atoms with van der Waals surface area (Å²) < 4.78 is 36.1. The smallest absolute Gasteiger partial charge is 0.229 e. The zero-order chi connectivity index (χ0) is 27.2.